The number of halogens is 3. The highest BCUT2D eigenvalue weighted by molar-refractivity contribution is 5.81. The Hall–Kier alpha value is -1.56. The van der Waals surface area contributed by atoms with E-state index in [1.165, 1.54) is 12.1 Å². The molecule has 1 aliphatic rings. The maximum absolute atomic E-state index is 12.4. The number of hydrogen-bond donors (Lipinski definition) is 2. The molecule has 1 aromatic rings. The SMILES string of the molecule is CC1CCCC(C(=O)NCc2ccc(C(F)(F)F)cc2)N1. The molecule has 2 unspecified atom stereocenters. The largest absolute Gasteiger partial charge is 0.416 e. The van der Waals surface area contributed by atoms with Gasteiger partial charge >= 0.3 is 6.18 Å². The van der Waals surface area contributed by atoms with E-state index in [9.17, 15) is 18.0 Å². The fourth-order valence-electron chi connectivity index (χ4n) is 2.47. The molecule has 0 aliphatic carbocycles. The molecule has 116 valence electrons. The molecule has 2 atom stereocenters. The van der Waals surface area contributed by atoms with E-state index < -0.39 is 11.7 Å². The van der Waals surface area contributed by atoms with Crippen molar-refractivity contribution in [2.24, 2.45) is 0 Å². The Bertz CT molecular complexity index is 485. The summed E-state index contributed by atoms with van der Waals surface area (Å²) in [6.07, 6.45) is -1.47. The van der Waals surface area contributed by atoms with Crippen LogP contribution in [0.1, 0.15) is 37.3 Å². The summed E-state index contributed by atoms with van der Waals surface area (Å²) in [5, 5.41) is 5.99. The lowest BCUT2D eigenvalue weighted by Crippen LogP contribution is -2.49. The molecule has 1 aliphatic heterocycles. The minimum absolute atomic E-state index is 0.0959. The predicted molar refractivity (Wildman–Crippen MR) is 73.5 cm³/mol. The molecule has 0 aromatic heterocycles. The van der Waals surface area contributed by atoms with Gasteiger partial charge in [-0.15, -0.1) is 0 Å². The number of carbonyl (C=O) groups excluding carboxylic acids is 1. The van der Waals surface area contributed by atoms with Crippen LogP contribution >= 0.6 is 0 Å². The molecule has 1 fully saturated rings. The highest BCUT2D eigenvalue weighted by Crippen LogP contribution is 2.29. The van der Waals surface area contributed by atoms with Crippen LogP contribution in [0.3, 0.4) is 0 Å². The van der Waals surface area contributed by atoms with E-state index in [-0.39, 0.29) is 18.5 Å². The van der Waals surface area contributed by atoms with Crippen LogP contribution in [0.4, 0.5) is 13.2 Å². The first-order chi connectivity index (χ1) is 9.86. The summed E-state index contributed by atoms with van der Waals surface area (Å²) < 4.78 is 37.3. The molecule has 1 aromatic carbocycles. The highest BCUT2D eigenvalue weighted by Gasteiger charge is 2.30. The van der Waals surface area contributed by atoms with Gasteiger partial charge in [-0.25, -0.2) is 0 Å². The number of alkyl halides is 3. The van der Waals surface area contributed by atoms with E-state index >= 15 is 0 Å². The summed E-state index contributed by atoms with van der Waals surface area (Å²) in [6.45, 7) is 2.28. The van der Waals surface area contributed by atoms with Gasteiger partial charge in [-0.1, -0.05) is 12.1 Å². The summed E-state index contributed by atoms with van der Waals surface area (Å²) in [5.74, 6) is -0.0959. The van der Waals surface area contributed by atoms with Gasteiger partial charge in [-0.2, -0.15) is 13.2 Å². The van der Waals surface area contributed by atoms with Crippen LogP contribution in [-0.4, -0.2) is 18.0 Å². The quantitative estimate of drug-likeness (QED) is 0.901. The van der Waals surface area contributed by atoms with E-state index in [1.807, 2.05) is 6.92 Å². The van der Waals surface area contributed by atoms with Crippen LogP contribution in [-0.2, 0) is 17.5 Å². The third-order valence-corrected chi connectivity index (χ3v) is 3.68. The Morgan fingerprint density at radius 3 is 2.52 bits per heavy atom. The summed E-state index contributed by atoms with van der Waals surface area (Å²) in [7, 11) is 0. The van der Waals surface area contributed by atoms with Crippen molar-refractivity contribution in [3.63, 3.8) is 0 Å². The molecule has 2 N–H and O–H groups in total. The van der Waals surface area contributed by atoms with Gasteiger partial charge in [0.15, 0.2) is 0 Å². The first-order valence-electron chi connectivity index (χ1n) is 7.06. The summed E-state index contributed by atoms with van der Waals surface area (Å²) in [6, 6.07) is 4.95. The van der Waals surface area contributed by atoms with Crippen molar-refractivity contribution in [3.8, 4) is 0 Å². The molecule has 1 heterocycles. The number of amides is 1. The van der Waals surface area contributed by atoms with Gasteiger partial charge in [0.1, 0.15) is 0 Å². The number of carbonyl (C=O) groups is 1. The number of piperidine rings is 1. The van der Waals surface area contributed by atoms with Crippen molar-refractivity contribution in [1.29, 1.82) is 0 Å². The maximum atomic E-state index is 12.4. The average molecular weight is 300 g/mol. The number of nitrogens with one attached hydrogen (secondary N) is 2. The van der Waals surface area contributed by atoms with Crippen molar-refractivity contribution in [2.45, 2.75) is 51.0 Å². The second-order valence-electron chi connectivity index (χ2n) is 5.46. The maximum Gasteiger partial charge on any atom is 0.416 e. The van der Waals surface area contributed by atoms with Gasteiger partial charge in [0.2, 0.25) is 5.91 Å². The normalized spacial score (nSPS) is 22.9. The monoisotopic (exact) mass is 300 g/mol. The molecule has 0 saturated carbocycles. The fraction of sp³-hybridized carbons (Fsp3) is 0.533. The predicted octanol–water partition coefficient (Wildman–Crippen LogP) is 2.85. The molecule has 2 rings (SSSR count). The van der Waals surface area contributed by atoms with E-state index in [0.717, 1.165) is 31.4 Å². The number of benzene rings is 1. The summed E-state index contributed by atoms with van der Waals surface area (Å²) in [5.41, 5.74) is -0.0273. The van der Waals surface area contributed by atoms with Crippen molar-refractivity contribution in [3.05, 3.63) is 35.4 Å². The van der Waals surface area contributed by atoms with Crippen LogP contribution in [0.2, 0.25) is 0 Å². The lowest BCUT2D eigenvalue weighted by molar-refractivity contribution is -0.137. The Kier molecular flexibility index (Phi) is 4.88. The second kappa shape index (κ2) is 6.47. The zero-order valence-corrected chi connectivity index (χ0v) is 11.8. The Morgan fingerprint density at radius 1 is 1.29 bits per heavy atom. The van der Waals surface area contributed by atoms with Gasteiger partial charge in [-0.3, -0.25) is 4.79 Å². The van der Waals surface area contributed by atoms with Gasteiger partial charge in [0.05, 0.1) is 11.6 Å². The van der Waals surface area contributed by atoms with Crippen LogP contribution in [0.25, 0.3) is 0 Å². The third kappa shape index (κ3) is 4.46. The van der Waals surface area contributed by atoms with Crippen molar-refractivity contribution in [2.75, 3.05) is 0 Å². The molecule has 6 heteroatoms. The standard InChI is InChI=1S/C15H19F3N2O/c1-10-3-2-4-13(20-10)14(21)19-9-11-5-7-12(8-6-11)15(16,17)18/h5-8,10,13,20H,2-4,9H2,1H3,(H,19,21). The highest BCUT2D eigenvalue weighted by atomic mass is 19.4. The van der Waals surface area contributed by atoms with Crippen LogP contribution < -0.4 is 10.6 Å². The molecule has 3 nitrogen and oxygen atoms in total. The van der Waals surface area contributed by atoms with Gasteiger partial charge in [0.25, 0.3) is 0 Å². The van der Waals surface area contributed by atoms with E-state index in [2.05, 4.69) is 10.6 Å². The Morgan fingerprint density at radius 2 is 1.95 bits per heavy atom. The minimum atomic E-state index is -4.33. The summed E-state index contributed by atoms with van der Waals surface area (Å²) >= 11 is 0. The van der Waals surface area contributed by atoms with Gasteiger partial charge in [-0.05, 0) is 43.9 Å². The van der Waals surface area contributed by atoms with E-state index in [0.29, 0.717) is 11.6 Å². The molecule has 21 heavy (non-hydrogen) atoms. The first-order valence-corrected chi connectivity index (χ1v) is 7.06. The molecular weight excluding hydrogens is 281 g/mol. The van der Waals surface area contributed by atoms with Crippen LogP contribution in [0.5, 0.6) is 0 Å². The van der Waals surface area contributed by atoms with Gasteiger partial charge in [0, 0.05) is 12.6 Å². The van der Waals surface area contributed by atoms with Crippen molar-refractivity contribution in [1.82, 2.24) is 10.6 Å². The smallest absolute Gasteiger partial charge is 0.351 e. The van der Waals surface area contributed by atoms with Crippen LogP contribution in [0, 0.1) is 0 Å². The molecule has 1 amide bonds. The summed E-state index contributed by atoms with van der Waals surface area (Å²) in [4.78, 5) is 12.0. The average Bonchev–Trinajstić information content (AvgIpc) is 2.44. The fourth-order valence-corrected chi connectivity index (χ4v) is 2.47. The number of hydrogen-bond acceptors (Lipinski definition) is 2. The molecule has 0 radical (unpaired) electrons. The minimum Gasteiger partial charge on any atom is -0.351 e. The lowest BCUT2D eigenvalue weighted by Gasteiger charge is -2.27. The first kappa shape index (κ1) is 15.8. The van der Waals surface area contributed by atoms with Crippen LogP contribution in [0.15, 0.2) is 24.3 Å². The topological polar surface area (TPSA) is 41.1 Å². The number of rotatable bonds is 3. The Balaban J connectivity index is 1.86. The second-order valence-corrected chi connectivity index (χ2v) is 5.46. The van der Waals surface area contributed by atoms with E-state index in [1.54, 1.807) is 0 Å². The zero-order valence-electron chi connectivity index (χ0n) is 11.8. The third-order valence-electron chi connectivity index (χ3n) is 3.68. The lowest BCUT2D eigenvalue weighted by atomic mass is 9.99. The van der Waals surface area contributed by atoms with Crippen molar-refractivity contribution >= 4 is 5.91 Å². The molecular formula is C15H19F3N2O. The van der Waals surface area contributed by atoms with E-state index in [4.69, 9.17) is 0 Å². The molecule has 0 bridgehead atoms. The molecule has 1 saturated heterocycles. The Labute approximate surface area is 121 Å². The molecule has 0 spiro atoms. The van der Waals surface area contributed by atoms with Gasteiger partial charge < -0.3 is 10.6 Å². The zero-order chi connectivity index (χ0) is 15.5. The van der Waals surface area contributed by atoms with Crippen molar-refractivity contribution < 1.29 is 18.0 Å².